The predicted molar refractivity (Wildman–Crippen MR) is 27.8 cm³/mol. The molecule has 1 aliphatic rings. The Balaban J connectivity index is 2.71. The maximum Gasteiger partial charge on any atom is 0.352 e. The molecule has 44 valence electrons. The Morgan fingerprint density at radius 3 is 2.62 bits per heavy atom. The Morgan fingerprint density at radius 2 is 2.50 bits per heavy atom. The monoisotopic (exact) mass is 113 g/mol. The quantitative estimate of drug-likeness (QED) is 0.456. The van der Waals surface area contributed by atoms with E-state index in [1.807, 2.05) is 0 Å². The van der Waals surface area contributed by atoms with Crippen molar-refractivity contribution in [2.45, 2.75) is 6.92 Å². The minimum absolute atomic E-state index is 0.00231. The average Bonchev–Trinajstić information content (AvgIpc) is 1.98. The molecule has 8 heavy (non-hydrogen) atoms. The van der Waals surface area contributed by atoms with Gasteiger partial charge in [0.05, 0.1) is 0 Å². The highest BCUT2D eigenvalue weighted by atomic mass is 16.5. The zero-order valence-corrected chi connectivity index (χ0v) is 4.60. The minimum Gasteiger partial charge on any atom is -0.461 e. The summed E-state index contributed by atoms with van der Waals surface area (Å²) < 4.78 is 4.51. The van der Waals surface area contributed by atoms with Gasteiger partial charge in [-0.05, 0) is 0 Å². The molecule has 1 N–H and O–H groups in total. The van der Waals surface area contributed by atoms with Crippen LogP contribution in [0.2, 0.25) is 0 Å². The van der Waals surface area contributed by atoms with Crippen molar-refractivity contribution >= 4 is 11.7 Å². The van der Waals surface area contributed by atoms with Crippen LogP contribution in [0.15, 0.2) is 0 Å². The predicted octanol–water partition coefficient (Wildman–Crippen LogP) is 0.199. The first kappa shape index (κ1) is 5.28. The van der Waals surface area contributed by atoms with Crippen molar-refractivity contribution in [1.29, 1.82) is 5.41 Å². The molecule has 1 saturated heterocycles. The van der Waals surface area contributed by atoms with E-state index in [9.17, 15) is 4.79 Å². The third-order valence-corrected chi connectivity index (χ3v) is 1.18. The molecule has 1 aliphatic heterocycles. The normalized spacial score (nSPS) is 28.4. The highest BCUT2D eigenvalue weighted by Crippen LogP contribution is 2.07. The van der Waals surface area contributed by atoms with Gasteiger partial charge in [-0.1, -0.05) is 6.92 Å². The second kappa shape index (κ2) is 1.58. The van der Waals surface area contributed by atoms with Crippen LogP contribution in [0.4, 0.5) is 0 Å². The van der Waals surface area contributed by atoms with Crippen LogP contribution >= 0.6 is 0 Å². The summed E-state index contributed by atoms with van der Waals surface area (Å²) in [6.07, 6.45) is 0. The molecular weight excluding hydrogens is 106 g/mol. The summed E-state index contributed by atoms with van der Waals surface area (Å²) in [4.78, 5) is 10.3. The number of hydrogen-bond donors (Lipinski definition) is 1. The van der Waals surface area contributed by atoms with Crippen LogP contribution in [0.1, 0.15) is 6.92 Å². The van der Waals surface area contributed by atoms with Gasteiger partial charge in [-0.25, -0.2) is 4.79 Å². The van der Waals surface area contributed by atoms with Gasteiger partial charge in [0, 0.05) is 5.92 Å². The molecule has 1 atom stereocenters. The van der Waals surface area contributed by atoms with E-state index >= 15 is 0 Å². The molecule has 0 aromatic heterocycles. The van der Waals surface area contributed by atoms with Crippen LogP contribution in [-0.2, 0) is 9.53 Å². The summed E-state index contributed by atoms with van der Waals surface area (Å²) in [5, 5.41) is 6.99. The van der Waals surface area contributed by atoms with Crippen LogP contribution in [0.3, 0.4) is 0 Å². The summed E-state index contributed by atoms with van der Waals surface area (Å²) >= 11 is 0. The van der Waals surface area contributed by atoms with Gasteiger partial charge in [-0.3, -0.25) is 5.41 Å². The molecule has 0 radical (unpaired) electrons. The first-order valence-corrected chi connectivity index (χ1v) is 2.47. The van der Waals surface area contributed by atoms with Gasteiger partial charge < -0.3 is 4.74 Å². The smallest absolute Gasteiger partial charge is 0.352 e. The molecule has 0 aliphatic carbocycles. The molecule has 1 heterocycles. The zero-order chi connectivity index (χ0) is 6.15. The van der Waals surface area contributed by atoms with Crippen molar-refractivity contribution in [2.75, 3.05) is 6.61 Å². The van der Waals surface area contributed by atoms with Gasteiger partial charge in [-0.2, -0.15) is 0 Å². The maximum atomic E-state index is 10.3. The average molecular weight is 113 g/mol. The van der Waals surface area contributed by atoms with Crippen LogP contribution in [0, 0.1) is 11.3 Å². The van der Waals surface area contributed by atoms with Gasteiger partial charge in [0.15, 0.2) is 0 Å². The van der Waals surface area contributed by atoms with E-state index in [2.05, 4.69) is 4.74 Å². The summed E-state index contributed by atoms with van der Waals surface area (Å²) in [5.74, 6) is -0.458. The lowest BCUT2D eigenvalue weighted by Crippen LogP contribution is -2.09. The number of esters is 1. The largest absolute Gasteiger partial charge is 0.461 e. The fourth-order valence-corrected chi connectivity index (χ4v) is 0.563. The SMILES string of the molecule is CC1COC(=O)C1=N. The topological polar surface area (TPSA) is 50.2 Å². The molecule has 0 spiro atoms. The number of cyclic esters (lactones) is 1. The molecule has 0 saturated carbocycles. The second-order valence-corrected chi connectivity index (χ2v) is 1.91. The van der Waals surface area contributed by atoms with Crippen molar-refractivity contribution < 1.29 is 9.53 Å². The lowest BCUT2D eigenvalue weighted by molar-refractivity contribution is -0.133. The summed E-state index contributed by atoms with van der Waals surface area (Å²) in [5.41, 5.74) is 0.102. The Hall–Kier alpha value is -0.860. The number of rotatable bonds is 0. The lowest BCUT2D eigenvalue weighted by atomic mass is 10.1. The number of hydrogen-bond acceptors (Lipinski definition) is 3. The highest BCUT2D eigenvalue weighted by molar-refractivity contribution is 6.37. The first-order chi connectivity index (χ1) is 3.72. The zero-order valence-electron chi connectivity index (χ0n) is 4.60. The van der Waals surface area contributed by atoms with Crippen molar-refractivity contribution in [3.8, 4) is 0 Å². The van der Waals surface area contributed by atoms with Gasteiger partial charge in [0.1, 0.15) is 12.3 Å². The van der Waals surface area contributed by atoms with Crippen LogP contribution < -0.4 is 0 Å². The van der Waals surface area contributed by atoms with Crippen LogP contribution in [0.5, 0.6) is 0 Å². The molecule has 0 amide bonds. The van der Waals surface area contributed by atoms with Crippen molar-refractivity contribution in [3.63, 3.8) is 0 Å². The van der Waals surface area contributed by atoms with Gasteiger partial charge >= 0.3 is 5.97 Å². The number of nitrogens with one attached hydrogen (secondary N) is 1. The maximum absolute atomic E-state index is 10.3. The lowest BCUT2D eigenvalue weighted by Gasteiger charge is -1.88. The molecular formula is C5H7NO2. The van der Waals surface area contributed by atoms with Gasteiger partial charge in [0.2, 0.25) is 0 Å². The van der Waals surface area contributed by atoms with E-state index in [0.29, 0.717) is 6.61 Å². The summed E-state index contributed by atoms with van der Waals surface area (Å²) in [6.45, 7) is 2.19. The molecule has 0 bridgehead atoms. The van der Waals surface area contributed by atoms with E-state index in [1.54, 1.807) is 6.92 Å². The standard InChI is InChI=1S/C5H7NO2/c1-3-2-8-5(7)4(3)6/h3,6H,2H2,1H3. The molecule has 0 aromatic carbocycles. The van der Waals surface area contributed by atoms with E-state index in [0.717, 1.165) is 0 Å². The van der Waals surface area contributed by atoms with E-state index in [-0.39, 0.29) is 11.6 Å². The fourth-order valence-electron chi connectivity index (χ4n) is 0.563. The van der Waals surface area contributed by atoms with E-state index in [1.165, 1.54) is 0 Å². The molecule has 1 rings (SSSR count). The fraction of sp³-hybridized carbons (Fsp3) is 0.600. The first-order valence-electron chi connectivity index (χ1n) is 2.47. The molecule has 1 unspecified atom stereocenters. The summed E-state index contributed by atoms with van der Waals surface area (Å²) in [6, 6.07) is 0. The number of carbonyl (C=O) groups is 1. The van der Waals surface area contributed by atoms with Crippen molar-refractivity contribution in [1.82, 2.24) is 0 Å². The Kier molecular flexibility index (Phi) is 1.04. The highest BCUT2D eigenvalue weighted by Gasteiger charge is 2.26. The van der Waals surface area contributed by atoms with E-state index in [4.69, 9.17) is 5.41 Å². The molecule has 3 heteroatoms. The Bertz CT molecular complexity index is 141. The van der Waals surface area contributed by atoms with Crippen LogP contribution in [0.25, 0.3) is 0 Å². The molecule has 3 nitrogen and oxygen atoms in total. The Labute approximate surface area is 47.2 Å². The van der Waals surface area contributed by atoms with Gasteiger partial charge in [-0.15, -0.1) is 0 Å². The van der Waals surface area contributed by atoms with Crippen LogP contribution in [-0.4, -0.2) is 18.3 Å². The Morgan fingerprint density at radius 1 is 1.88 bits per heavy atom. The number of carbonyl (C=O) groups excluding carboxylic acids is 1. The number of ether oxygens (including phenoxy) is 1. The van der Waals surface area contributed by atoms with E-state index < -0.39 is 5.97 Å². The molecule has 1 fully saturated rings. The minimum atomic E-state index is -0.461. The van der Waals surface area contributed by atoms with Crippen molar-refractivity contribution in [2.24, 2.45) is 5.92 Å². The van der Waals surface area contributed by atoms with Gasteiger partial charge in [0.25, 0.3) is 0 Å². The third kappa shape index (κ3) is 0.598. The molecule has 0 aromatic rings. The second-order valence-electron chi connectivity index (χ2n) is 1.91. The third-order valence-electron chi connectivity index (χ3n) is 1.18. The van der Waals surface area contributed by atoms with Crippen molar-refractivity contribution in [3.05, 3.63) is 0 Å². The summed E-state index contributed by atoms with van der Waals surface area (Å²) in [7, 11) is 0.